The van der Waals surface area contributed by atoms with E-state index in [1.807, 2.05) is 13.8 Å². The molecule has 1 aliphatic carbocycles. The lowest BCUT2D eigenvalue weighted by Gasteiger charge is -2.19. The van der Waals surface area contributed by atoms with E-state index in [2.05, 4.69) is 37.8 Å². The monoisotopic (exact) mass is 352 g/mol. The lowest BCUT2D eigenvalue weighted by Crippen LogP contribution is -2.38. The minimum Gasteiger partial charge on any atom is -0.343 e. The standard InChI is InChI=1S/C14H20N6OS2/c1-4-9(10-8(3)15-13(23-10)22-5-2)11(21)16-14(6-7-14)12-17-19-20-18-12/h9H,4-7H2,1-3H3,(H,16,21)(H,17,18,19,20). The highest BCUT2D eigenvalue weighted by Crippen LogP contribution is 2.44. The molecule has 23 heavy (non-hydrogen) atoms. The third kappa shape index (κ3) is 3.25. The molecule has 124 valence electrons. The van der Waals surface area contributed by atoms with E-state index in [9.17, 15) is 4.79 Å². The summed E-state index contributed by atoms with van der Waals surface area (Å²) in [6.07, 6.45) is 2.45. The van der Waals surface area contributed by atoms with Crippen LogP contribution in [0, 0.1) is 6.92 Å². The van der Waals surface area contributed by atoms with Crippen LogP contribution in [-0.2, 0) is 10.3 Å². The molecule has 9 heteroatoms. The van der Waals surface area contributed by atoms with E-state index in [0.717, 1.165) is 39.9 Å². The van der Waals surface area contributed by atoms with Gasteiger partial charge in [0.2, 0.25) is 5.91 Å². The average molecular weight is 352 g/mol. The Hall–Kier alpha value is -1.48. The summed E-state index contributed by atoms with van der Waals surface area (Å²) in [7, 11) is 0. The molecule has 7 nitrogen and oxygen atoms in total. The van der Waals surface area contributed by atoms with Crippen molar-refractivity contribution in [1.29, 1.82) is 0 Å². The summed E-state index contributed by atoms with van der Waals surface area (Å²) in [5.74, 6) is 1.40. The summed E-state index contributed by atoms with van der Waals surface area (Å²) in [5.41, 5.74) is 0.522. The molecule has 2 aromatic rings. The number of thioether (sulfide) groups is 1. The zero-order chi connectivity index (χ0) is 16.4. The van der Waals surface area contributed by atoms with E-state index < -0.39 is 5.54 Å². The number of hydrogen-bond donors (Lipinski definition) is 2. The van der Waals surface area contributed by atoms with Crippen LogP contribution in [0.15, 0.2) is 4.34 Å². The number of nitrogens with one attached hydrogen (secondary N) is 2. The first kappa shape index (κ1) is 16.4. The summed E-state index contributed by atoms with van der Waals surface area (Å²) in [4.78, 5) is 18.5. The molecular formula is C14H20N6OS2. The fourth-order valence-corrected chi connectivity index (χ4v) is 4.89. The lowest BCUT2D eigenvalue weighted by molar-refractivity contribution is -0.123. The number of aromatic amines is 1. The van der Waals surface area contributed by atoms with Crippen LogP contribution in [0.2, 0.25) is 0 Å². The minimum absolute atomic E-state index is 0.0228. The van der Waals surface area contributed by atoms with Gasteiger partial charge >= 0.3 is 0 Å². The molecule has 1 unspecified atom stereocenters. The molecule has 0 bridgehead atoms. The fraction of sp³-hybridized carbons (Fsp3) is 0.643. The van der Waals surface area contributed by atoms with Crippen molar-refractivity contribution in [3.8, 4) is 0 Å². The van der Waals surface area contributed by atoms with Gasteiger partial charge in [0.15, 0.2) is 5.82 Å². The second-order valence-electron chi connectivity index (χ2n) is 5.63. The first-order valence-electron chi connectivity index (χ1n) is 7.75. The number of H-pyrrole nitrogens is 1. The van der Waals surface area contributed by atoms with Gasteiger partial charge in [-0.25, -0.2) is 4.98 Å². The number of aromatic nitrogens is 5. The largest absolute Gasteiger partial charge is 0.343 e. The quantitative estimate of drug-likeness (QED) is 0.743. The molecule has 3 rings (SSSR count). The Labute approximate surface area is 143 Å². The highest BCUT2D eigenvalue weighted by Gasteiger charge is 2.50. The van der Waals surface area contributed by atoms with E-state index in [-0.39, 0.29) is 11.8 Å². The Morgan fingerprint density at radius 1 is 1.48 bits per heavy atom. The Morgan fingerprint density at radius 3 is 2.83 bits per heavy atom. The topological polar surface area (TPSA) is 96.5 Å². The smallest absolute Gasteiger partial charge is 0.229 e. The van der Waals surface area contributed by atoms with Crippen molar-refractivity contribution in [2.75, 3.05) is 5.75 Å². The molecule has 0 aliphatic heterocycles. The van der Waals surface area contributed by atoms with Crippen LogP contribution in [0.25, 0.3) is 0 Å². The number of aryl methyl sites for hydroxylation is 1. The summed E-state index contributed by atoms with van der Waals surface area (Å²) in [5, 5.41) is 17.3. The minimum atomic E-state index is -0.433. The summed E-state index contributed by atoms with van der Waals surface area (Å²) in [6, 6.07) is 0. The third-order valence-corrected chi connectivity index (χ3v) is 6.30. The summed E-state index contributed by atoms with van der Waals surface area (Å²) in [6.45, 7) is 6.12. The Balaban J connectivity index is 1.77. The Kier molecular flexibility index (Phi) is 4.67. The predicted molar refractivity (Wildman–Crippen MR) is 89.5 cm³/mol. The number of hydrogen-bond acceptors (Lipinski definition) is 7. The van der Waals surface area contributed by atoms with E-state index in [4.69, 9.17) is 0 Å². The average Bonchev–Trinajstić information content (AvgIpc) is 2.96. The fourth-order valence-electron chi connectivity index (χ4n) is 2.60. The van der Waals surface area contributed by atoms with Gasteiger partial charge in [-0.3, -0.25) is 4.79 Å². The normalized spacial score (nSPS) is 17.0. The van der Waals surface area contributed by atoms with Gasteiger partial charge in [0.25, 0.3) is 0 Å². The SMILES string of the molecule is CCSc1nc(C)c(C(CC)C(=O)NC2(c3nn[nH]n3)CC2)s1. The van der Waals surface area contributed by atoms with Gasteiger partial charge in [-0.1, -0.05) is 30.8 Å². The van der Waals surface area contributed by atoms with Crippen molar-refractivity contribution >= 4 is 29.0 Å². The number of nitrogens with zero attached hydrogens (tertiary/aromatic N) is 4. The second-order valence-corrected chi connectivity index (χ2v) is 8.17. The summed E-state index contributed by atoms with van der Waals surface area (Å²) < 4.78 is 1.03. The molecule has 1 saturated carbocycles. The molecule has 2 aromatic heterocycles. The molecule has 0 spiro atoms. The molecule has 0 radical (unpaired) electrons. The maximum Gasteiger partial charge on any atom is 0.229 e. The summed E-state index contributed by atoms with van der Waals surface area (Å²) >= 11 is 3.35. The van der Waals surface area contributed by atoms with Crippen LogP contribution in [0.4, 0.5) is 0 Å². The number of tetrazole rings is 1. The highest BCUT2D eigenvalue weighted by atomic mass is 32.2. The highest BCUT2D eigenvalue weighted by molar-refractivity contribution is 8.01. The third-order valence-electron chi connectivity index (χ3n) is 4.01. The van der Waals surface area contributed by atoms with Gasteiger partial charge in [0, 0.05) is 4.88 Å². The van der Waals surface area contributed by atoms with Gasteiger partial charge in [0.05, 0.1) is 11.6 Å². The Bertz CT molecular complexity index is 680. The molecule has 1 amide bonds. The van der Waals surface area contributed by atoms with Crippen LogP contribution < -0.4 is 5.32 Å². The van der Waals surface area contributed by atoms with Gasteiger partial charge in [-0.15, -0.1) is 21.5 Å². The maximum atomic E-state index is 12.8. The van der Waals surface area contributed by atoms with E-state index in [1.54, 1.807) is 23.1 Å². The van der Waals surface area contributed by atoms with Crippen molar-refractivity contribution in [3.05, 3.63) is 16.4 Å². The van der Waals surface area contributed by atoms with Crippen molar-refractivity contribution in [2.45, 2.75) is 55.8 Å². The van der Waals surface area contributed by atoms with Gasteiger partial charge in [-0.05, 0) is 31.9 Å². The molecule has 0 saturated heterocycles. The van der Waals surface area contributed by atoms with E-state index in [1.165, 1.54) is 0 Å². The zero-order valence-corrected chi connectivity index (χ0v) is 15.1. The van der Waals surface area contributed by atoms with Crippen molar-refractivity contribution in [1.82, 2.24) is 30.9 Å². The van der Waals surface area contributed by atoms with Crippen LogP contribution >= 0.6 is 23.1 Å². The Morgan fingerprint density at radius 2 is 2.26 bits per heavy atom. The van der Waals surface area contributed by atoms with Gasteiger partial charge < -0.3 is 5.32 Å². The van der Waals surface area contributed by atoms with E-state index >= 15 is 0 Å². The molecule has 1 atom stereocenters. The molecule has 1 fully saturated rings. The van der Waals surface area contributed by atoms with Crippen LogP contribution in [-0.4, -0.2) is 37.3 Å². The number of amides is 1. The van der Waals surface area contributed by atoms with Gasteiger partial charge in [0.1, 0.15) is 9.88 Å². The first-order valence-corrected chi connectivity index (χ1v) is 9.56. The van der Waals surface area contributed by atoms with Crippen LogP contribution in [0.1, 0.15) is 55.4 Å². The number of rotatable bonds is 7. The maximum absolute atomic E-state index is 12.8. The number of thiazole rings is 1. The van der Waals surface area contributed by atoms with Crippen molar-refractivity contribution in [3.63, 3.8) is 0 Å². The molecule has 0 aromatic carbocycles. The van der Waals surface area contributed by atoms with Crippen molar-refractivity contribution in [2.24, 2.45) is 0 Å². The van der Waals surface area contributed by atoms with Crippen LogP contribution in [0.3, 0.4) is 0 Å². The second kappa shape index (κ2) is 6.56. The van der Waals surface area contributed by atoms with Crippen molar-refractivity contribution < 1.29 is 4.79 Å². The lowest BCUT2D eigenvalue weighted by atomic mass is 10.0. The molecular weight excluding hydrogens is 332 g/mol. The first-order chi connectivity index (χ1) is 11.1. The zero-order valence-electron chi connectivity index (χ0n) is 13.4. The molecule has 2 heterocycles. The van der Waals surface area contributed by atoms with Gasteiger partial charge in [-0.2, -0.15) is 5.21 Å². The molecule has 2 N–H and O–H groups in total. The van der Waals surface area contributed by atoms with Crippen LogP contribution in [0.5, 0.6) is 0 Å². The predicted octanol–water partition coefficient (Wildman–Crippen LogP) is 2.38. The molecule has 1 aliphatic rings. The van der Waals surface area contributed by atoms with E-state index in [0.29, 0.717) is 5.82 Å². The number of carbonyl (C=O) groups is 1. The number of carbonyl (C=O) groups excluding carboxylic acids is 1.